The summed E-state index contributed by atoms with van der Waals surface area (Å²) in [4.78, 5) is 98.5. The van der Waals surface area contributed by atoms with Crippen molar-refractivity contribution in [1.82, 2.24) is 26.6 Å². The second-order valence-corrected chi connectivity index (χ2v) is 14.4. The van der Waals surface area contributed by atoms with Crippen LogP contribution in [0, 0.1) is 12.8 Å². The van der Waals surface area contributed by atoms with Gasteiger partial charge in [0.1, 0.15) is 30.3 Å². The number of hydrogen-bond donors (Lipinski definition) is 10. The number of nitrogens with one attached hydrogen (secondary N) is 6. The van der Waals surface area contributed by atoms with Crippen LogP contribution in [-0.2, 0) is 35.3 Å². The lowest BCUT2D eigenvalue weighted by Gasteiger charge is -2.26. The first-order chi connectivity index (χ1) is 29.0. The smallest absolute Gasteiger partial charge is 0.408 e. The molecule has 1 aromatic heterocycles. The van der Waals surface area contributed by atoms with Crippen molar-refractivity contribution in [3.63, 3.8) is 0 Å². The molecule has 2 aromatic carbocycles. The standard InChI is InChI=1S/C40H56N12O9/c1-23(2)17-30(51-36(57)29(12-8-16-46-39(43)44)52-40(59)60-22-25-9-5-4-6-10-25)37(58)50-28(11-7-15-45-38(41)42)35(56)48-20-32(53)47-21-33(54)49-26-13-14-27-24(3)18-34(55)61-31(27)19-26/h4-6,9-10,13-14,18-19,23,28-30H,7-8,11-12,15-17,20-22H2,1-3H3,(H,47,53)(H,48,56)(H,49,54)(H,50,58)(H,51,57)(H,52,59)(H4,41,42,45)(H4,43,44,46). The highest BCUT2D eigenvalue weighted by molar-refractivity contribution is 5.98. The summed E-state index contributed by atoms with van der Waals surface area (Å²) in [6, 6.07) is 11.5. The summed E-state index contributed by atoms with van der Waals surface area (Å²) in [5.74, 6) is -3.86. The molecule has 3 atom stereocenters. The number of guanidine groups is 2. The van der Waals surface area contributed by atoms with Crippen LogP contribution in [0.2, 0.25) is 0 Å². The fraction of sp³-hybridized carbons (Fsp3) is 0.425. The molecular formula is C40H56N12O9. The predicted molar refractivity (Wildman–Crippen MR) is 229 cm³/mol. The summed E-state index contributed by atoms with van der Waals surface area (Å²) in [6.45, 7) is 4.66. The van der Waals surface area contributed by atoms with Crippen molar-refractivity contribution in [3.8, 4) is 0 Å². The van der Waals surface area contributed by atoms with Gasteiger partial charge in [0.15, 0.2) is 11.9 Å². The minimum Gasteiger partial charge on any atom is -0.445 e. The second-order valence-electron chi connectivity index (χ2n) is 14.4. The molecule has 1 heterocycles. The van der Waals surface area contributed by atoms with E-state index >= 15 is 0 Å². The molecule has 3 unspecified atom stereocenters. The molecule has 0 radical (unpaired) electrons. The minimum atomic E-state index is -1.21. The molecule has 0 saturated carbocycles. The molecule has 21 heteroatoms. The van der Waals surface area contributed by atoms with Crippen molar-refractivity contribution in [2.24, 2.45) is 38.8 Å². The van der Waals surface area contributed by atoms with Gasteiger partial charge in [-0.25, -0.2) is 9.59 Å². The minimum absolute atomic E-state index is 0.0361. The summed E-state index contributed by atoms with van der Waals surface area (Å²) in [5, 5.41) is 16.1. The van der Waals surface area contributed by atoms with Crippen LogP contribution in [0.3, 0.4) is 0 Å². The zero-order valence-corrected chi connectivity index (χ0v) is 34.5. The molecule has 0 saturated heterocycles. The summed E-state index contributed by atoms with van der Waals surface area (Å²) >= 11 is 0. The number of anilines is 1. The Hall–Kier alpha value is -7.19. The van der Waals surface area contributed by atoms with Gasteiger partial charge in [0.05, 0.1) is 13.1 Å². The molecule has 61 heavy (non-hydrogen) atoms. The zero-order valence-electron chi connectivity index (χ0n) is 34.5. The van der Waals surface area contributed by atoms with Crippen molar-refractivity contribution in [1.29, 1.82) is 0 Å². The number of ether oxygens (including phenoxy) is 1. The third-order valence-corrected chi connectivity index (χ3v) is 8.79. The molecule has 14 N–H and O–H groups in total. The molecule has 0 bridgehead atoms. The molecule has 3 aromatic rings. The Bertz CT molecular complexity index is 2100. The maximum absolute atomic E-state index is 13.8. The lowest BCUT2D eigenvalue weighted by Crippen LogP contribution is -2.57. The normalized spacial score (nSPS) is 12.2. The Morgan fingerprint density at radius 2 is 1.31 bits per heavy atom. The van der Waals surface area contributed by atoms with Gasteiger partial charge < -0.3 is 64.0 Å². The SMILES string of the molecule is Cc1cc(=O)oc2cc(NC(=O)CNC(=O)CNC(=O)C(CCCN=C(N)N)NC(=O)C(CC(C)C)NC(=O)C(CCCN=C(N)N)NC(=O)OCc3ccccc3)ccc12. The summed E-state index contributed by atoms with van der Waals surface area (Å²) in [5.41, 5.74) is 23.2. The van der Waals surface area contributed by atoms with E-state index in [1.165, 1.54) is 12.1 Å². The summed E-state index contributed by atoms with van der Waals surface area (Å²) in [7, 11) is 0. The van der Waals surface area contributed by atoms with E-state index in [9.17, 15) is 33.6 Å². The van der Waals surface area contributed by atoms with E-state index in [1.54, 1.807) is 43.3 Å². The monoisotopic (exact) mass is 848 g/mol. The zero-order chi connectivity index (χ0) is 44.9. The maximum atomic E-state index is 13.8. The van der Waals surface area contributed by atoms with Crippen LogP contribution in [0.1, 0.15) is 57.1 Å². The lowest BCUT2D eigenvalue weighted by molar-refractivity contribution is -0.133. The molecule has 0 aliphatic rings. The number of rotatable bonds is 23. The molecule has 0 aliphatic carbocycles. The highest BCUT2D eigenvalue weighted by Crippen LogP contribution is 2.20. The third-order valence-electron chi connectivity index (χ3n) is 8.79. The van der Waals surface area contributed by atoms with Crippen LogP contribution in [-0.4, -0.2) is 91.9 Å². The number of benzene rings is 2. The number of aryl methyl sites for hydroxylation is 1. The number of nitrogens with two attached hydrogens (primary N) is 4. The van der Waals surface area contributed by atoms with Crippen molar-refractivity contribution >= 4 is 64.2 Å². The van der Waals surface area contributed by atoms with Crippen LogP contribution in [0.4, 0.5) is 10.5 Å². The van der Waals surface area contributed by atoms with Gasteiger partial charge in [-0.2, -0.15) is 0 Å². The average Bonchev–Trinajstić information content (AvgIpc) is 3.20. The number of nitrogens with zero attached hydrogens (tertiary/aromatic N) is 2. The Morgan fingerprint density at radius 1 is 0.721 bits per heavy atom. The molecule has 3 rings (SSSR count). The van der Waals surface area contributed by atoms with E-state index in [0.717, 1.165) is 5.56 Å². The number of alkyl carbamates (subject to hydrolysis) is 1. The highest BCUT2D eigenvalue weighted by Gasteiger charge is 2.30. The van der Waals surface area contributed by atoms with E-state index in [4.69, 9.17) is 32.1 Å². The van der Waals surface area contributed by atoms with E-state index in [1.807, 2.05) is 19.9 Å². The predicted octanol–water partition coefficient (Wildman–Crippen LogP) is -0.310. The number of amides is 6. The first-order valence-electron chi connectivity index (χ1n) is 19.6. The van der Waals surface area contributed by atoms with Crippen LogP contribution in [0.25, 0.3) is 11.0 Å². The number of hydrogen-bond acceptors (Lipinski definition) is 11. The van der Waals surface area contributed by atoms with Gasteiger partial charge in [0, 0.05) is 36.3 Å². The lowest BCUT2D eigenvalue weighted by atomic mass is 10.0. The summed E-state index contributed by atoms with van der Waals surface area (Å²) in [6.07, 6.45) is -0.0628. The van der Waals surface area contributed by atoms with Crippen LogP contribution < -0.4 is 60.5 Å². The van der Waals surface area contributed by atoms with Crippen LogP contribution in [0.15, 0.2) is 73.8 Å². The Balaban J connectivity index is 1.65. The number of carbonyl (C=O) groups excluding carboxylic acids is 6. The van der Waals surface area contributed by atoms with Crippen molar-refractivity contribution in [2.75, 3.05) is 31.5 Å². The molecule has 6 amide bonds. The van der Waals surface area contributed by atoms with E-state index in [0.29, 0.717) is 16.6 Å². The van der Waals surface area contributed by atoms with Gasteiger partial charge in [-0.1, -0.05) is 44.2 Å². The molecule has 0 fully saturated rings. The second kappa shape index (κ2) is 24.7. The molecule has 0 aliphatic heterocycles. The quantitative estimate of drug-likeness (QED) is 0.0254. The number of fused-ring (bicyclic) bond motifs is 1. The average molecular weight is 849 g/mol. The number of carbonyl (C=O) groups is 6. The van der Waals surface area contributed by atoms with Gasteiger partial charge in [-0.05, 0) is 68.2 Å². The first-order valence-corrected chi connectivity index (χ1v) is 19.6. The summed E-state index contributed by atoms with van der Waals surface area (Å²) < 4.78 is 10.5. The maximum Gasteiger partial charge on any atom is 0.408 e. The van der Waals surface area contributed by atoms with E-state index in [-0.39, 0.29) is 75.2 Å². The molecule has 0 spiro atoms. The van der Waals surface area contributed by atoms with E-state index < -0.39 is 72.5 Å². The Labute approximate surface area is 352 Å². The fourth-order valence-corrected chi connectivity index (χ4v) is 5.84. The first kappa shape index (κ1) is 48.2. The van der Waals surface area contributed by atoms with E-state index in [2.05, 4.69) is 41.9 Å². The van der Waals surface area contributed by atoms with Crippen molar-refractivity contribution in [3.05, 3.63) is 76.1 Å². The van der Waals surface area contributed by atoms with Crippen molar-refractivity contribution < 1.29 is 37.9 Å². The van der Waals surface area contributed by atoms with Crippen molar-refractivity contribution in [2.45, 2.75) is 77.6 Å². The fourth-order valence-electron chi connectivity index (χ4n) is 5.84. The van der Waals surface area contributed by atoms with Crippen LogP contribution >= 0.6 is 0 Å². The topological polar surface area (TPSA) is 343 Å². The Kier molecular flexibility index (Phi) is 19.5. The Morgan fingerprint density at radius 3 is 1.93 bits per heavy atom. The van der Waals surface area contributed by atoms with Gasteiger partial charge in [-0.15, -0.1) is 0 Å². The molecular weight excluding hydrogens is 793 g/mol. The van der Waals surface area contributed by atoms with Gasteiger partial charge in [0.2, 0.25) is 29.5 Å². The largest absolute Gasteiger partial charge is 0.445 e. The highest BCUT2D eigenvalue weighted by atomic mass is 16.5. The van der Waals surface area contributed by atoms with Gasteiger partial charge in [0.25, 0.3) is 0 Å². The number of aliphatic imine (C=N–C) groups is 2. The molecule has 21 nitrogen and oxygen atoms in total. The van der Waals surface area contributed by atoms with Gasteiger partial charge >= 0.3 is 11.7 Å². The molecule has 330 valence electrons. The third kappa shape index (κ3) is 18.1. The van der Waals surface area contributed by atoms with Gasteiger partial charge in [-0.3, -0.25) is 34.0 Å². The van der Waals surface area contributed by atoms with Crippen LogP contribution in [0.5, 0.6) is 0 Å².